The van der Waals surface area contributed by atoms with Crippen LogP contribution in [0.2, 0.25) is 0 Å². The third kappa shape index (κ3) is 3.88. The van der Waals surface area contributed by atoms with Crippen LogP contribution in [0.4, 0.5) is 11.5 Å². The van der Waals surface area contributed by atoms with Crippen molar-refractivity contribution in [2.24, 2.45) is 0 Å². The molecule has 2 aliphatic rings. The molecule has 1 aromatic carbocycles. The van der Waals surface area contributed by atoms with Crippen molar-refractivity contribution >= 4 is 23.2 Å². The number of hydrogen-bond acceptors (Lipinski definition) is 7. The van der Waals surface area contributed by atoms with Crippen LogP contribution in [0.1, 0.15) is 40.6 Å². The van der Waals surface area contributed by atoms with Crippen LogP contribution in [0.15, 0.2) is 36.7 Å². The maximum absolute atomic E-state index is 12.4. The molecule has 2 aromatic rings. The second-order valence-electron chi connectivity index (χ2n) is 6.94. The number of nitrogens with one attached hydrogen (secondary N) is 1. The SMILES string of the molecule is CC(=O)c1ccc(NC(=O)c2cnc(N3CCC4(CC3)OCCO4)cn2)cc1. The van der Waals surface area contributed by atoms with E-state index in [0.29, 0.717) is 24.5 Å². The first-order chi connectivity index (χ1) is 13.5. The van der Waals surface area contributed by atoms with E-state index in [-0.39, 0.29) is 17.4 Å². The van der Waals surface area contributed by atoms with E-state index < -0.39 is 5.79 Å². The highest BCUT2D eigenvalue weighted by atomic mass is 16.7. The summed E-state index contributed by atoms with van der Waals surface area (Å²) in [5.41, 5.74) is 1.42. The van der Waals surface area contributed by atoms with E-state index >= 15 is 0 Å². The minimum Gasteiger partial charge on any atom is -0.355 e. The van der Waals surface area contributed by atoms with Crippen molar-refractivity contribution in [3.8, 4) is 0 Å². The second-order valence-corrected chi connectivity index (χ2v) is 6.94. The van der Waals surface area contributed by atoms with Gasteiger partial charge in [-0.05, 0) is 31.2 Å². The van der Waals surface area contributed by atoms with Crippen molar-refractivity contribution in [3.63, 3.8) is 0 Å². The van der Waals surface area contributed by atoms with Gasteiger partial charge >= 0.3 is 0 Å². The molecule has 0 aliphatic carbocycles. The number of amides is 1. The maximum atomic E-state index is 12.4. The van der Waals surface area contributed by atoms with Gasteiger partial charge in [0.25, 0.3) is 5.91 Å². The number of benzene rings is 1. The number of carbonyl (C=O) groups excluding carboxylic acids is 2. The highest BCUT2D eigenvalue weighted by Gasteiger charge is 2.40. The molecule has 3 heterocycles. The molecule has 2 fully saturated rings. The molecule has 4 rings (SSSR count). The minimum atomic E-state index is -0.429. The molecule has 1 N–H and O–H groups in total. The molecule has 2 aliphatic heterocycles. The quantitative estimate of drug-likeness (QED) is 0.811. The lowest BCUT2D eigenvalue weighted by Gasteiger charge is -2.37. The van der Waals surface area contributed by atoms with Gasteiger partial charge < -0.3 is 19.7 Å². The Kier molecular flexibility index (Phi) is 5.06. The standard InChI is InChI=1S/C20H22N4O4/c1-14(25)15-2-4-16(5-3-15)23-19(26)17-12-22-18(13-21-17)24-8-6-20(7-9-24)27-10-11-28-20/h2-5,12-13H,6-11H2,1H3,(H,23,26). The van der Waals surface area contributed by atoms with Gasteiger partial charge in [-0.15, -0.1) is 0 Å². The zero-order valence-electron chi connectivity index (χ0n) is 15.7. The van der Waals surface area contributed by atoms with Crippen molar-refractivity contribution in [2.75, 3.05) is 36.5 Å². The molecule has 1 spiro atoms. The summed E-state index contributed by atoms with van der Waals surface area (Å²) in [4.78, 5) is 34.4. The van der Waals surface area contributed by atoms with Gasteiger partial charge in [0.2, 0.25) is 0 Å². The molecule has 0 bridgehead atoms. The van der Waals surface area contributed by atoms with Gasteiger partial charge in [0.05, 0.1) is 25.6 Å². The summed E-state index contributed by atoms with van der Waals surface area (Å²) >= 11 is 0. The Bertz CT molecular complexity index is 851. The number of carbonyl (C=O) groups is 2. The van der Waals surface area contributed by atoms with Crippen molar-refractivity contribution < 1.29 is 19.1 Å². The summed E-state index contributed by atoms with van der Waals surface area (Å²) in [6, 6.07) is 6.72. The number of aromatic nitrogens is 2. The highest BCUT2D eigenvalue weighted by molar-refractivity contribution is 6.03. The Labute approximate surface area is 162 Å². The van der Waals surface area contributed by atoms with Crippen LogP contribution in [-0.2, 0) is 9.47 Å². The van der Waals surface area contributed by atoms with E-state index in [4.69, 9.17) is 9.47 Å². The summed E-state index contributed by atoms with van der Waals surface area (Å²) in [5, 5.41) is 2.76. The van der Waals surface area contributed by atoms with Crippen LogP contribution in [-0.4, -0.2) is 53.7 Å². The van der Waals surface area contributed by atoms with E-state index in [9.17, 15) is 9.59 Å². The number of anilines is 2. The molecule has 146 valence electrons. The molecule has 2 saturated heterocycles. The Balaban J connectivity index is 1.36. The molecule has 1 aromatic heterocycles. The lowest BCUT2D eigenvalue weighted by atomic mass is 10.0. The Morgan fingerprint density at radius 3 is 2.29 bits per heavy atom. The van der Waals surface area contributed by atoms with Gasteiger partial charge in [0.15, 0.2) is 11.6 Å². The van der Waals surface area contributed by atoms with E-state index in [2.05, 4.69) is 20.2 Å². The number of piperidine rings is 1. The molecule has 0 radical (unpaired) electrons. The van der Waals surface area contributed by atoms with Crippen molar-refractivity contribution in [3.05, 3.63) is 47.9 Å². The first kappa shape index (κ1) is 18.5. The molecule has 8 heteroatoms. The van der Waals surface area contributed by atoms with E-state index in [1.54, 1.807) is 30.5 Å². The fourth-order valence-electron chi connectivity index (χ4n) is 3.45. The van der Waals surface area contributed by atoms with Gasteiger partial charge in [0.1, 0.15) is 11.5 Å². The fourth-order valence-corrected chi connectivity index (χ4v) is 3.45. The summed E-state index contributed by atoms with van der Waals surface area (Å²) in [5.74, 6) is -0.0639. The monoisotopic (exact) mass is 382 g/mol. The number of Topliss-reactive ketones (excluding diaryl/α,β-unsaturated/α-hetero) is 1. The third-order valence-electron chi connectivity index (χ3n) is 5.08. The van der Waals surface area contributed by atoms with Gasteiger partial charge in [-0.1, -0.05) is 0 Å². The molecule has 8 nitrogen and oxygen atoms in total. The lowest BCUT2D eigenvalue weighted by Crippen LogP contribution is -2.45. The average molecular weight is 382 g/mol. The topological polar surface area (TPSA) is 93.7 Å². The second kappa shape index (κ2) is 7.65. The fraction of sp³-hybridized carbons (Fsp3) is 0.400. The predicted octanol–water partition coefficient (Wildman–Crippen LogP) is 2.27. The van der Waals surface area contributed by atoms with Gasteiger partial charge in [-0.3, -0.25) is 9.59 Å². The van der Waals surface area contributed by atoms with Crippen LogP contribution in [0, 0.1) is 0 Å². The summed E-state index contributed by atoms with van der Waals surface area (Å²) < 4.78 is 11.5. The molecule has 28 heavy (non-hydrogen) atoms. The van der Waals surface area contributed by atoms with Crippen LogP contribution in [0.25, 0.3) is 0 Å². The first-order valence-corrected chi connectivity index (χ1v) is 9.32. The molecule has 0 saturated carbocycles. The Morgan fingerprint density at radius 1 is 1.04 bits per heavy atom. The van der Waals surface area contributed by atoms with Crippen molar-refractivity contribution in [2.45, 2.75) is 25.6 Å². The average Bonchev–Trinajstić information content (AvgIpc) is 3.17. The summed E-state index contributed by atoms with van der Waals surface area (Å²) in [6.45, 7) is 4.34. The van der Waals surface area contributed by atoms with E-state index in [0.717, 1.165) is 31.7 Å². The number of ether oxygens (including phenoxy) is 2. The zero-order chi connectivity index (χ0) is 19.6. The van der Waals surface area contributed by atoms with Crippen molar-refractivity contribution in [1.82, 2.24) is 9.97 Å². The molecular weight excluding hydrogens is 360 g/mol. The van der Waals surface area contributed by atoms with Crippen molar-refractivity contribution in [1.29, 1.82) is 0 Å². The minimum absolute atomic E-state index is 0.0194. The van der Waals surface area contributed by atoms with E-state index in [1.807, 2.05) is 0 Å². The number of hydrogen-bond donors (Lipinski definition) is 1. The van der Waals surface area contributed by atoms with Gasteiger partial charge in [-0.2, -0.15) is 0 Å². The molecule has 1 amide bonds. The van der Waals surface area contributed by atoms with E-state index in [1.165, 1.54) is 13.1 Å². The first-order valence-electron chi connectivity index (χ1n) is 9.32. The van der Waals surface area contributed by atoms with Crippen LogP contribution >= 0.6 is 0 Å². The normalized spacial score (nSPS) is 18.2. The van der Waals surface area contributed by atoms with Gasteiger partial charge in [0, 0.05) is 37.2 Å². The van der Waals surface area contributed by atoms with Crippen LogP contribution in [0.5, 0.6) is 0 Å². The predicted molar refractivity (Wildman–Crippen MR) is 103 cm³/mol. The summed E-state index contributed by atoms with van der Waals surface area (Å²) in [6.07, 6.45) is 4.66. The van der Waals surface area contributed by atoms with Gasteiger partial charge in [-0.25, -0.2) is 9.97 Å². The highest BCUT2D eigenvalue weighted by Crippen LogP contribution is 2.32. The molecule has 0 atom stereocenters. The molecule has 0 unspecified atom stereocenters. The van der Waals surface area contributed by atoms with Crippen LogP contribution < -0.4 is 10.2 Å². The lowest BCUT2D eigenvalue weighted by molar-refractivity contribution is -0.169. The smallest absolute Gasteiger partial charge is 0.275 e. The maximum Gasteiger partial charge on any atom is 0.275 e. The Hall–Kier alpha value is -2.84. The Morgan fingerprint density at radius 2 is 1.71 bits per heavy atom. The largest absolute Gasteiger partial charge is 0.355 e. The van der Waals surface area contributed by atoms with Crippen LogP contribution in [0.3, 0.4) is 0 Å². The number of rotatable bonds is 4. The number of nitrogens with zero attached hydrogens (tertiary/aromatic N) is 3. The molecular formula is C20H22N4O4. The third-order valence-corrected chi connectivity index (χ3v) is 5.08. The zero-order valence-corrected chi connectivity index (χ0v) is 15.7. The summed E-state index contributed by atoms with van der Waals surface area (Å²) in [7, 11) is 0. The number of ketones is 1.